The fourth-order valence-corrected chi connectivity index (χ4v) is 3.29. The molecule has 0 radical (unpaired) electrons. The lowest BCUT2D eigenvalue weighted by Crippen LogP contribution is -2.42. The van der Waals surface area contributed by atoms with Crippen LogP contribution in [0, 0.1) is 5.92 Å². The molecule has 2 aliphatic rings. The molecule has 0 saturated heterocycles. The monoisotopic (exact) mass is 252 g/mol. The minimum absolute atomic E-state index is 0.797. The highest BCUT2D eigenvalue weighted by Gasteiger charge is 2.28. The van der Waals surface area contributed by atoms with Gasteiger partial charge in [-0.15, -0.1) is 0 Å². The first-order valence-corrected chi connectivity index (χ1v) is 8.28. The Balaban J connectivity index is 1.62. The van der Waals surface area contributed by atoms with Gasteiger partial charge in [-0.3, -0.25) is 4.90 Å². The molecule has 0 spiro atoms. The first kappa shape index (κ1) is 14.3. The van der Waals surface area contributed by atoms with Crippen LogP contribution in [0.4, 0.5) is 0 Å². The number of rotatable bonds is 8. The van der Waals surface area contributed by atoms with Crippen LogP contribution in [0.25, 0.3) is 0 Å². The molecule has 1 N–H and O–H groups in total. The van der Waals surface area contributed by atoms with Crippen molar-refractivity contribution in [2.75, 3.05) is 19.6 Å². The molecule has 0 aromatic rings. The average molecular weight is 252 g/mol. The summed E-state index contributed by atoms with van der Waals surface area (Å²) >= 11 is 0. The predicted octanol–water partition coefficient (Wildman–Crippen LogP) is 3.42. The van der Waals surface area contributed by atoms with Crippen LogP contribution in [0.1, 0.15) is 65.2 Å². The van der Waals surface area contributed by atoms with E-state index in [0.717, 1.165) is 18.0 Å². The third-order valence-electron chi connectivity index (χ3n) is 4.78. The van der Waals surface area contributed by atoms with Gasteiger partial charge in [0.05, 0.1) is 0 Å². The molecule has 2 atom stereocenters. The maximum Gasteiger partial charge on any atom is 0.0110 e. The van der Waals surface area contributed by atoms with E-state index in [2.05, 4.69) is 24.1 Å². The summed E-state index contributed by atoms with van der Waals surface area (Å²) in [5.74, 6) is 0.892. The molecule has 0 amide bonds. The number of nitrogens with zero attached hydrogens (tertiary/aromatic N) is 1. The van der Waals surface area contributed by atoms with Crippen LogP contribution in [-0.2, 0) is 0 Å². The van der Waals surface area contributed by atoms with E-state index in [9.17, 15) is 0 Å². The summed E-state index contributed by atoms with van der Waals surface area (Å²) in [6, 6.07) is 1.73. The Kier molecular flexibility index (Phi) is 5.97. The zero-order chi connectivity index (χ0) is 12.8. The van der Waals surface area contributed by atoms with Crippen LogP contribution in [0.2, 0.25) is 0 Å². The van der Waals surface area contributed by atoms with Crippen molar-refractivity contribution in [1.82, 2.24) is 10.2 Å². The Hall–Kier alpha value is -0.0800. The number of nitrogens with one attached hydrogen (secondary N) is 1. The van der Waals surface area contributed by atoms with E-state index in [4.69, 9.17) is 0 Å². The highest BCUT2D eigenvalue weighted by Crippen LogP contribution is 2.27. The molecule has 0 aliphatic heterocycles. The van der Waals surface area contributed by atoms with Crippen molar-refractivity contribution < 1.29 is 0 Å². The van der Waals surface area contributed by atoms with Gasteiger partial charge in [0.25, 0.3) is 0 Å². The zero-order valence-electron chi connectivity index (χ0n) is 12.5. The normalized spacial score (nSPS) is 28.8. The van der Waals surface area contributed by atoms with Crippen LogP contribution >= 0.6 is 0 Å². The van der Waals surface area contributed by atoms with Gasteiger partial charge in [-0.25, -0.2) is 0 Å². The van der Waals surface area contributed by atoms with Gasteiger partial charge in [0.15, 0.2) is 0 Å². The number of hydrogen-bond acceptors (Lipinski definition) is 2. The summed E-state index contributed by atoms with van der Waals surface area (Å²) in [5.41, 5.74) is 0. The summed E-state index contributed by atoms with van der Waals surface area (Å²) in [6.45, 7) is 8.52. The lowest BCUT2D eigenvalue weighted by molar-refractivity contribution is 0.232. The molecule has 2 unspecified atom stereocenters. The van der Waals surface area contributed by atoms with Crippen LogP contribution in [0.15, 0.2) is 0 Å². The third-order valence-corrected chi connectivity index (χ3v) is 4.78. The van der Waals surface area contributed by atoms with Gasteiger partial charge in [-0.2, -0.15) is 0 Å². The van der Waals surface area contributed by atoms with Crippen molar-refractivity contribution in [3.8, 4) is 0 Å². The molecular formula is C16H32N2. The summed E-state index contributed by atoms with van der Waals surface area (Å²) < 4.78 is 0. The third kappa shape index (κ3) is 4.55. The second-order valence-corrected chi connectivity index (χ2v) is 6.44. The Bertz CT molecular complexity index is 225. The summed E-state index contributed by atoms with van der Waals surface area (Å²) in [5, 5.41) is 3.82. The van der Waals surface area contributed by atoms with Crippen molar-refractivity contribution in [2.24, 2.45) is 5.92 Å². The Labute approximate surface area is 114 Å². The lowest BCUT2D eigenvalue weighted by Gasteiger charge is -2.31. The minimum Gasteiger partial charge on any atom is -0.312 e. The molecule has 106 valence electrons. The molecular weight excluding hydrogens is 220 g/mol. The van der Waals surface area contributed by atoms with Crippen LogP contribution < -0.4 is 5.32 Å². The van der Waals surface area contributed by atoms with E-state index < -0.39 is 0 Å². The average Bonchev–Trinajstić information content (AvgIpc) is 3.20. The van der Waals surface area contributed by atoms with Crippen LogP contribution in [0.3, 0.4) is 0 Å². The molecule has 2 nitrogen and oxygen atoms in total. The first-order chi connectivity index (χ1) is 8.81. The van der Waals surface area contributed by atoms with Crippen molar-refractivity contribution in [2.45, 2.75) is 77.3 Å². The van der Waals surface area contributed by atoms with E-state index >= 15 is 0 Å². The Morgan fingerprint density at radius 2 is 1.83 bits per heavy atom. The van der Waals surface area contributed by atoms with Crippen molar-refractivity contribution in [3.05, 3.63) is 0 Å². The topological polar surface area (TPSA) is 15.3 Å². The standard InChI is InChI=1S/C16H32N2/c1-3-4-12-18(15-9-10-15)13-11-17-16-8-6-5-7-14(16)2/h14-17H,3-13H2,1-2H3. The largest absolute Gasteiger partial charge is 0.312 e. The number of hydrogen-bond donors (Lipinski definition) is 1. The highest BCUT2D eigenvalue weighted by atomic mass is 15.2. The van der Waals surface area contributed by atoms with Gasteiger partial charge < -0.3 is 5.32 Å². The van der Waals surface area contributed by atoms with Crippen molar-refractivity contribution >= 4 is 0 Å². The van der Waals surface area contributed by atoms with E-state index in [1.165, 1.54) is 71.0 Å². The second kappa shape index (κ2) is 7.49. The summed E-state index contributed by atoms with van der Waals surface area (Å²) in [4.78, 5) is 2.73. The molecule has 18 heavy (non-hydrogen) atoms. The molecule has 2 saturated carbocycles. The van der Waals surface area contributed by atoms with Crippen LogP contribution in [0.5, 0.6) is 0 Å². The fraction of sp³-hybridized carbons (Fsp3) is 1.00. The molecule has 0 aromatic heterocycles. The van der Waals surface area contributed by atoms with E-state index in [0.29, 0.717) is 0 Å². The van der Waals surface area contributed by atoms with Crippen molar-refractivity contribution in [3.63, 3.8) is 0 Å². The van der Waals surface area contributed by atoms with Crippen LogP contribution in [-0.4, -0.2) is 36.6 Å². The van der Waals surface area contributed by atoms with Crippen molar-refractivity contribution in [1.29, 1.82) is 0 Å². The van der Waals surface area contributed by atoms with Gasteiger partial charge >= 0.3 is 0 Å². The Morgan fingerprint density at radius 1 is 1.06 bits per heavy atom. The minimum atomic E-state index is 0.797. The van der Waals surface area contributed by atoms with Gasteiger partial charge in [-0.05, 0) is 44.6 Å². The zero-order valence-corrected chi connectivity index (χ0v) is 12.5. The molecule has 2 rings (SSSR count). The van der Waals surface area contributed by atoms with Gasteiger partial charge in [0, 0.05) is 25.2 Å². The number of unbranched alkanes of at least 4 members (excludes halogenated alkanes) is 1. The quantitative estimate of drug-likeness (QED) is 0.712. The second-order valence-electron chi connectivity index (χ2n) is 6.44. The fourth-order valence-electron chi connectivity index (χ4n) is 3.29. The smallest absolute Gasteiger partial charge is 0.0110 e. The molecule has 0 bridgehead atoms. The maximum absolute atomic E-state index is 3.82. The maximum atomic E-state index is 3.82. The van der Waals surface area contributed by atoms with E-state index in [1.807, 2.05) is 0 Å². The molecule has 0 aromatic carbocycles. The molecule has 2 aliphatic carbocycles. The summed E-state index contributed by atoms with van der Waals surface area (Å²) in [7, 11) is 0. The molecule has 0 heterocycles. The lowest BCUT2D eigenvalue weighted by atomic mass is 9.86. The first-order valence-electron chi connectivity index (χ1n) is 8.28. The molecule has 2 heteroatoms. The predicted molar refractivity (Wildman–Crippen MR) is 78.9 cm³/mol. The molecule has 2 fully saturated rings. The van der Waals surface area contributed by atoms with Gasteiger partial charge in [0.2, 0.25) is 0 Å². The van der Waals surface area contributed by atoms with E-state index in [-0.39, 0.29) is 0 Å². The summed E-state index contributed by atoms with van der Waals surface area (Å²) in [6.07, 6.45) is 11.3. The van der Waals surface area contributed by atoms with E-state index in [1.54, 1.807) is 0 Å². The Morgan fingerprint density at radius 3 is 2.50 bits per heavy atom. The van der Waals surface area contributed by atoms with Gasteiger partial charge in [-0.1, -0.05) is 33.1 Å². The highest BCUT2D eigenvalue weighted by molar-refractivity contribution is 4.85. The SMILES string of the molecule is CCCCN(CCNC1CCCCC1C)C1CC1. The van der Waals surface area contributed by atoms with Gasteiger partial charge in [0.1, 0.15) is 0 Å².